The van der Waals surface area contributed by atoms with Crippen molar-refractivity contribution in [2.45, 2.75) is 6.42 Å². The van der Waals surface area contributed by atoms with Crippen molar-refractivity contribution in [1.82, 2.24) is 0 Å². The minimum absolute atomic E-state index is 0.0643. The second kappa shape index (κ2) is 5.60. The zero-order valence-electron chi connectivity index (χ0n) is 11.7. The summed E-state index contributed by atoms with van der Waals surface area (Å²) in [4.78, 5) is 32.5. The number of carbonyl (C=O) groups excluding carboxylic acids is 3. The summed E-state index contributed by atoms with van der Waals surface area (Å²) in [5.41, 5.74) is 1.97. The Balaban J connectivity index is 0.000000136. The molecule has 0 bridgehead atoms. The van der Waals surface area contributed by atoms with Gasteiger partial charge in [-0.05, 0) is 42.0 Å². The van der Waals surface area contributed by atoms with Crippen molar-refractivity contribution < 1.29 is 23.2 Å². The molecule has 0 aromatic heterocycles. The molecule has 2 aliphatic rings. The van der Waals surface area contributed by atoms with Crippen LogP contribution in [0.3, 0.4) is 0 Å². The van der Waals surface area contributed by atoms with Gasteiger partial charge in [0.05, 0.1) is 17.7 Å². The quantitative estimate of drug-likeness (QED) is 0.732. The minimum atomic E-state index is -0.699. The van der Waals surface area contributed by atoms with E-state index in [1.165, 1.54) is 24.3 Å². The molecular weight excluding hydrogens is 306 g/mol. The van der Waals surface area contributed by atoms with Gasteiger partial charge < -0.3 is 10.6 Å². The highest BCUT2D eigenvalue weighted by molar-refractivity contribution is 6.51. The molecular formula is C16H10F2N2O3. The first-order chi connectivity index (χ1) is 10.9. The molecule has 2 heterocycles. The van der Waals surface area contributed by atoms with Gasteiger partial charge in [0, 0.05) is 5.69 Å². The van der Waals surface area contributed by atoms with Gasteiger partial charge in [0.2, 0.25) is 5.91 Å². The van der Waals surface area contributed by atoms with Gasteiger partial charge >= 0.3 is 0 Å². The largest absolute Gasteiger partial charge is 0.326 e. The van der Waals surface area contributed by atoms with Gasteiger partial charge in [-0.15, -0.1) is 0 Å². The Morgan fingerprint density at radius 3 is 2.22 bits per heavy atom. The van der Waals surface area contributed by atoms with E-state index in [1.54, 1.807) is 6.07 Å². The van der Waals surface area contributed by atoms with Crippen molar-refractivity contribution in [3.05, 3.63) is 59.2 Å². The van der Waals surface area contributed by atoms with Crippen LogP contribution in [0.25, 0.3) is 0 Å². The maximum Gasteiger partial charge on any atom is 0.296 e. The first-order valence-corrected chi connectivity index (χ1v) is 6.67. The molecule has 2 amide bonds. The van der Waals surface area contributed by atoms with E-state index < -0.39 is 17.5 Å². The second-order valence-electron chi connectivity index (χ2n) is 5.00. The Kier molecular flexibility index (Phi) is 3.61. The number of rotatable bonds is 0. The van der Waals surface area contributed by atoms with E-state index >= 15 is 0 Å². The van der Waals surface area contributed by atoms with Crippen molar-refractivity contribution in [3.63, 3.8) is 0 Å². The van der Waals surface area contributed by atoms with E-state index in [1.807, 2.05) is 0 Å². The lowest BCUT2D eigenvalue weighted by molar-refractivity contribution is -0.115. The van der Waals surface area contributed by atoms with Crippen LogP contribution >= 0.6 is 0 Å². The predicted molar refractivity (Wildman–Crippen MR) is 78.1 cm³/mol. The smallest absolute Gasteiger partial charge is 0.296 e. The molecule has 0 atom stereocenters. The average molecular weight is 316 g/mol. The number of hydrogen-bond donors (Lipinski definition) is 2. The molecule has 0 spiro atoms. The number of ketones is 1. The van der Waals surface area contributed by atoms with Gasteiger partial charge in [0.25, 0.3) is 11.7 Å². The van der Waals surface area contributed by atoms with Crippen LogP contribution in [0.1, 0.15) is 15.9 Å². The fourth-order valence-electron chi connectivity index (χ4n) is 2.31. The van der Waals surface area contributed by atoms with E-state index in [0.717, 1.165) is 17.3 Å². The fraction of sp³-hybridized carbons (Fsp3) is 0.0625. The molecule has 0 saturated heterocycles. The number of benzene rings is 2. The number of hydrogen-bond acceptors (Lipinski definition) is 3. The first kappa shape index (κ1) is 14.8. The molecule has 116 valence electrons. The molecule has 2 aliphatic heterocycles. The Morgan fingerprint density at radius 1 is 0.826 bits per heavy atom. The third kappa shape index (κ3) is 2.94. The molecule has 2 aromatic carbocycles. The monoisotopic (exact) mass is 316 g/mol. The van der Waals surface area contributed by atoms with Crippen LogP contribution in [0, 0.1) is 11.6 Å². The molecule has 2 aromatic rings. The van der Waals surface area contributed by atoms with Crippen LogP contribution in [0.15, 0.2) is 36.4 Å². The molecule has 7 heteroatoms. The summed E-state index contributed by atoms with van der Waals surface area (Å²) >= 11 is 0. The summed E-state index contributed by atoms with van der Waals surface area (Å²) in [6.07, 6.45) is 0.299. The summed E-state index contributed by atoms with van der Waals surface area (Å²) in [5.74, 6) is -2.25. The molecule has 0 saturated carbocycles. The van der Waals surface area contributed by atoms with Crippen molar-refractivity contribution in [2.75, 3.05) is 10.6 Å². The zero-order chi connectivity index (χ0) is 16.6. The molecule has 23 heavy (non-hydrogen) atoms. The van der Waals surface area contributed by atoms with Crippen LogP contribution < -0.4 is 10.6 Å². The number of anilines is 2. The molecule has 4 rings (SSSR count). The van der Waals surface area contributed by atoms with Gasteiger partial charge in [-0.25, -0.2) is 8.78 Å². The van der Waals surface area contributed by atoms with Crippen molar-refractivity contribution >= 4 is 29.0 Å². The van der Waals surface area contributed by atoms with Gasteiger partial charge in [-0.1, -0.05) is 0 Å². The SMILES string of the molecule is O=C1Cc2cc(F)ccc2N1.O=C1Nc2ccc(F)cc2C1=O. The number of amides is 2. The van der Waals surface area contributed by atoms with E-state index in [-0.39, 0.29) is 17.3 Å². The molecule has 0 aliphatic carbocycles. The van der Waals surface area contributed by atoms with Crippen LogP contribution in [-0.4, -0.2) is 17.6 Å². The standard InChI is InChI=1S/C8H4FNO2.C8H6FNO/c9-4-1-2-6-5(3-4)7(11)8(12)10-6;9-6-1-2-7-5(3-6)4-8(11)10-7/h1-3H,(H,10,11,12);1-3H,4H2,(H,10,11). The van der Waals surface area contributed by atoms with E-state index in [9.17, 15) is 23.2 Å². The highest BCUT2D eigenvalue weighted by atomic mass is 19.1. The summed E-state index contributed by atoms with van der Waals surface area (Å²) in [7, 11) is 0. The minimum Gasteiger partial charge on any atom is -0.326 e. The summed E-state index contributed by atoms with van der Waals surface area (Å²) < 4.78 is 25.1. The zero-order valence-corrected chi connectivity index (χ0v) is 11.7. The summed E-state index contributed by atoms with van der Waals surface area (Å²) in [6, 6.07) is 7.91. The second-order valence-corrected chi connectivity index (χ2v) is 5.00. The molecule has 0 radical (unpaired) electrons. The highest BCUT2D eigenvalue weighted by Crippen LogP contribution is 2.23. The first-order valence-electron chi connectivity index (χ1n) is 6.67. The van der Waals surface area contributed by atoms with Gasteiger partial charge in [-0.3, -0.25) is 14.4 Å². The summed E-state index contributed by atoms with van der Waals surface area (Å²) in [6.45, 7) is 0. The van der Waals surface area contributed by atoms with Crippen molar-refractivity contribution in [3.8, 4) is 0 Å². The molecule has 0 fully saturated rings. The number of halogens is 2. The third-order valence-electron chi connectivity index (χ3n) is 3.37. The average Bonchev–Trinajstić information content (AvgIpc) is 3.00. The number of Topliss-reactive ketones (excluding diaryl/α,β-unsaturated/α-hetero) is 1. The van der Waals surface area contributed by atoms with Gasteiger partial charge in [-0.2, -0.15) is 0 Å². The van der Waals surface area contributed by atoms with Gasteiger partial charge in [0.15, 0.2) is 0 Å². The lowest BCUT2D eigenvalue weighted by Gasteiger charge is -1.95. The van der Waals surface area contributed by atoms with Crippen LogP contribution in [-0.2, 0) is 16.0 Å². The Labute approximate surface area is 129 Å². The molecule has 5 nitrogen and oxygen atoms in total. The van der Waals surface area contributed by atoms with E-state index in [0.29, 0.717) is 12.1 Å². The molecule has 2 N–H and O–H groups in total. The van der Waals surface area contributed by atoms with E-state index in [4.69, 9.17) is 0 Å². The number of fused-ring (bicyclic) bond motifs is 2. The highest BCUT2D eigenvalue weighted by Gasteiger charge is 2.27. The van der Waals surface area contributed by atoms with Crippen LogP contribution in [0.4, 0.5) is 20.2 Å². The van der Waals surface area contributed by atoms with Crippen LogP contribution in [0.2, 0.25) is 0 Å². The topological polar surface area (TPSA) is 75.3 Å². The van der Waals surface area contributed by atoms with Crippen LogP contribution in [0.5, 0.6) is 0 Å². The number of nitrogens with one attached hydrogen (secondary N) is 2. The third-order valence-corrected chi connectivity index (χ3v) is 3.37. The Morgan fingerprint density at radius 2 is 1.48 bits per heavy atom. The van der Waals surface area contributed by atoms with Crippen molar-refractivity contribution in [1.29, 1.82) is 0 Å². The Bertz CT molecular complexity index is 849. The Hall–Kier alpha value is -3.09. The van der Waals surface area contributed by atoms with E-state index in [2.05, 4.69) is 10.6 Å². The van der Waals surface area contributed by atoms with Crippen molar-refractivity contribution in [2.24, 2.45) is 0 Å². The molecule has 0 unspecified atom stereocenters. The normalized spacial score (nSPS) is 14.4. The maximum absolute atomic E-state index is 12.6. The van der Waals surface area contributed by atoms with Gasteiger partial charge in [0.1, 0.15) is 11.6 Å². The fourth-order valence-corrected chi connectivity index (χ4v) is 2.31. The lowest BCUT2D eigenvalue weighted by Crippen LogP contribution is -2.12. The lowest BCUT2D eigenvalue weighted by atomic mass is 10.1. The number of carbonyl (C=O) groups is 3. The summed E-state index contributed by atoms with van der Waals surface area (Å²) in [5, 5.41) is 4.94. The maximum atomic E-state index is 12.6. The predicted octanol–water partition coefficient (Wildman–Crippen LogP) is 2.28.